The van der Waals surface area contributed by atoms with E-state index in [1.807, 2.05) is 13.8 Å². The summed E-state index contributed by atoms with van der Waals surface area (Å²) in [5.41, 5.74) is -0.335. The van der Waals surface area contributed by atoms with Crippen LogP contribution in [0.5, 0.6) is 0 Å². The van der Waals surface area contributed by atoms with Crippen molar-refractivity contribution in [2.45, 2.75) is 33.6 Å². The van der Waals surface area contributed by atoms with Gasteiger partial charge in [0.2, 0.25) is 11.8 Å². The lowest BCUT2D eigenvalue weighted by molar-refractivity contribution is -0.141. The van der Waals surface area contributed by atoms with Crippen molar-refractivity contribution < 1.29 is 9.59 Å². The van der Waals surface area contributed by atoms with Crippen molar-refractivity contribution in [1.82, 2.24) is 10.6 Å². The fraction of sp³-hybridized carbons (Fsp3) is 0.545. The van der Waals surface area contributed by atoms with Gasteiger partial charge in [0.15, 0.2) is 5.11 Å². The predicted molar refractivity (Wildman–Crippen MR) is 65.7 cm³/mol. The summed E-state index contributed by atoms with van der Waals surface area (Å²) in [6.07, 6.45) is 3.03. The Morgan fingerprint density at radius 1 is 1.38 bits per heavy atom. The first-order valence-corrected chi connectivity index (χ1v) is 5.70. The highest BCUT2D eigenvalue weighted by molar-refractivity contribution is 7.80. The topological polar surface area (TPSA) is 58.2 Å². The number of rotatable bonds is 3. The third-order valence-electron chi connectivity index (χ3n) is 2.96. The first-order chi connectivity index (χ1) is 7.48. The standard InChI is InChI=1S/C11H16N2O2S/c1-4-6-11(7(3)5-2)8(14)12-10(16)13-9(11)15/h5H,4,6H2,1-3H3,(H2,12,13,14,15,16). The number of thiocarbonyl (C=S) groups is 1. The number of hydrogen-bond donors (Lipinski definition) is 2. The average molecular weight is 240 g/mol. The van der Waals surface area contributed by atoms with Gasteiger partial charge in [-0.3, -0.25) is 9.59 Å². The Balaban J connectivity index is 3.22. The van der Waals surface area contributed by atoms with Gasteiger partial charge < -0.3 is 10.6 Å². The number of carbonyl (C=O) groups excluding carboxylic acids is 2. The van der Waals surface area contributed by atoms with E-state index in [2.05, 4.69) is 10.6 Å². The smallest absolute Gasteiger partial charge is 0.245 e. The maximum Gasteiger partial charge on any atom is 0.245 e. The Morgan fingerprint density at radius 2 is 1.88 bits per heavy atom. The summed E-state index contributed by atoms with van der Waals surface area (Å²) in [6, 6.07) is 0. The molecule has 0 radical (unpaired) electrons. The Hall–Kier alpha value is -1.23. The summed E-state index contributed by atoms with van der Waals surface area (Å²) in [5, 5.41) is 5.13. The fourth-order valence-corrected chi connectivity index (χ4v) is 2.14. The monoisotopic (exact) mass is 240 g/mol. The van der Waals surface area contributed by atoms with Crippen LogP contribution in [0.3, 0.4) is 0 Å². The Labute approximate surface area is 100 Å². The largest absolute Gasteiger partial charge is 0.302 e. The highest BCUT2D eigenvalue weighted by atomic mass is 32.1. The highest BCUT2D eigenvalue weighted by Gasteiger charge is 2.49. The lowest BCUT2D eigenvalue weighted by Gasteiger charge is -2.35. The van der Waals surface area contributed by atoms with Gasteiger partial charge in [0, 0.05) is 0 Å². The first kappa shape index (κ1) is 12.8. The molecule has 0 saturated carbocycles. The molecule has 1 fully saturated rings. The lowest BCUT2D eigenvalue weighted by atomic mass is 9.74. The molecule has 0 aromatic carbocycles. The van der Waals surface area contributed by atoms with Gasteiger partial charge >= 0.3 is 0 Å². The van der Waals surface area contributed by atoms with Crippen LogP contribution in [0.25, 0.3) is 0 Å². The van der Waals surface area contributed by atoms with Crippen LogP contribution in [0.15, 0.2) is 11.6 Å². The Morgan fingerprint density at radius 3 is 2.25 bits per heavy atom. The molecular weight excluding hydrogens is 224 g/mol. The van der Waals surface area contributed by atoms with Crippen LogP contribution in [0, 0.1) is 5.41 Å². The minimum Gasteiger partial charge on any atom is -0.302 e. The molecule has 1 heterocycles. The maximum absolute atomic E-state index is 12.0. The van der Waals surface area contributed by atoms with Gasteiger partial charge in [-0.1, -0.05) is 25.0 Å². The van der Waals surface area contributed by atoms with Crippen LogP contribution in [0.1, 0.15) is 33.6 Å². The summed E-state index contributed by atoms with van der Waals surface area (Å²) in [5.74, 6) is -0.641. The third kappa shape index (κ3) is 1.87. The van der Waals surface area contributed by atoms with E-state index < -0.39 is 5.41 Å². The van der Waals surface area contributed by atoms with Crippen molar-refractivity contribution >= 4 is 29.1 Å². The molecule has 0 aliphatic carbocycles. The molecule has 1 aliphatic rings. The molecule has 0 aromatic heterocycles. The van der Waals surface area contributed by atoms with Gasteiger partial charge in [0.05, 0.1) is 0 Å². The van der Waals surface area contributed by atoms with Crippen LogP contribution in [0.2, 0.25) is 0 Å². The Kier molecular flexibility index (Phi) is 3.80. The minimum absolute atomic E-state index is 0.0885. The van der Waals surface area contributed by atoms with Crippen molar-refractivity contribution in [3.63, 3.8) is 0 Å². The normalized spacial score (nSPS) is 20.4. The second-order valence-electron chi connectivity index (χ2n) is 3.86. The molecule has 2 amide bonds. The number of allylic oxidation sites excluding steroid dienone is 1. The maximum atomic E-state index is 12.0. The van der Waals surface area contributed by atoms with Crippen LogP contribution < -0.4 is 10.6 Å². The number of amides is 2. The van der Waals surface area contributed by atoms with Crippen LogP contribution in [-0.2, 0) is 9.59 Å². The van der Waals surface area contributed by atoms with Crippen molar-refractivity contribution in [1.29, 1.82) is 0 Å². The van der Waals surface area contributed by atoms with Crippen LogP contribution in [-0.4, -0.2) is 16.9 Å². The summed E-state index contributed by atoms with van der Waals surface area (Å²) in [4.78, 5) is 24.1. The van der Waals surface area contributed by atoms with E-state index in [-0.39, 0.29) is 16.9 Å². The predicted octanol–water partition coefficient (Wildman–Crippen LogP) is 1.27. The van der Waals surface area contributed by atoms with E-state index in [1.54, 1.807) is 13.0 Å². The van der Waals surface area contributed by atoms with E-state index in [0.717, 1.165) is 12.0 Å². The molecule has 1 aliphatic heterocycles. The van der Waals surface area contributed by atoms with E-state index in [4.69, 9.17) is 12.2 Å². The molecule has 0 bridgehead atoms. The zero-order valence-electron chi connectivity index (χ0n) is 9.72. The highest BCUT2D eigenvalue weighted by Crippen LogP contribution is 2.34. The summed E-state index contributed by atoms with van der Waals surface area (Å²) in [7, 11) is 0. The van der Waals surface area contributed by atoms with Crippen molar-refractivity contribution in [3.8, 4) is 0 Å². The summed E-state index contributed by atoms with van der Waals surface area (Å²) >= 11 is 4.79. The molecular formula is C11H16N2O2S. The van der Waals surface area contributed by atoms with Crippen molar-refractivity contribution in [3.05, 3.63) is 11.6 Å². The second kappa shape index (κ2) is 4.74. The first-order valence-electron chi connectivity index (χ1n) is 5.29. The Bertz CT molecular complexity index is 354. The molecule has 0 unspecified atom stereocenters. The SMILES string of the molecule is CC=C(C)C1(CCC)C(=O)NC(=S)NC1=O. The van der Waals surface area contributed by atoms with Crippen molar-refractivity contribution in [2.24, 2.45) is 5.41 Å². The number of carbonyl (C=O) groups is 2. The second-order valence-corrected chi connectivity index (χ2v) is 4.27. The van der Waals surface area contributed by atoms with Gasteiger partial charge in [0.1, 0.15) is 5.41 Å². The molecule has 2 N–H and O–H groups in total. The molecule has 0 atom stereocenters. The zero-order valence-corrected chi connectivity index (χ0v) is 10.5. The van der Waals surface area contributed by atoms with Crippen molar-refractivity contribution in [2.75, 3.05) is 0 Å². The van der Waals surface area contributed by atoms with Crippen LogP contribution in [0.4, 0.5) is 0 Å². The number of hydrogen-bond acceptors (Lipinski definition) is 3. The lowest BCUT2D eigenvalue weighted by Crippen LogP contribution is -2.62. The average Bonchev–Trinajstić information content (AvgIpc) is 2.22. The molecule has 5 heteroatoms. The molecule has 0 aromatic rings. The summed E-state index contributed by atoms with van der Waals surface area (Å²) in [6.45, 7) is 5.56. The molecule has 1 rings (SSSR count). The third-order valence-corrected chi connectivity index (χ3v) is 3.16. The minimum atomic E-state index is -1.09. The van der Waals surface area contributed by atoms with Gasteiger partial charge in [-0.15, -0.1) is 0 Å². The summed E-state index contributed by atoms with van der Waals surface area (Å²) < 4.78 is 0. The van der Waals surface area contributed by atoms with E-state index in [1.165, 1.54) is 0 Å². The van der Waals surface area contributed by atoms with E-state index in [9.17, 15) is 9.59 Å². The van der Waals surface area contributed by atoms with Gasteiger partial charge in [-0.25, -0.2) is 0 Å². The zero-order chi connectivity index (χ0) is 12.3. The van der Waals surface area contributed by atoms with E-state index >= 15 is 0 Å². The molecule has 88 valence electrons. The molecule has 16 heavy (non-hydrogen) atoms. The fourth-order valence-electron chi connectivity index (χ4n) is 1.96. The molecule has 0 spiro atoms. The van der Waals surface area contributed by atoms with Crippen LogP contribution >= 0.6 is 12.2 Å². The van der Waals surface area contributed by atoms with Gasteiger partial charge in [-0.2, -0.15) is 0 Å². The molecule has 1 saturated heterocycles. The number of nitrogens with one attached hydrogen (secondary N) is 2. The van der Waals surface area contributed by atoms with Gasteiger partial charge in [-0.05, 0) is 32.5 Å². The van der Waals surface area contributed by atoms with E-state index in [0.29, 0.717) is 6.42 Å². The molecule has 4 nitrogen and oxygen atoms in total. The van der Waals surface area contributed by atoms with Gasteiger partial charge in [0.25, 0.3) is 0 Å². The quantitative estimate of drug-likeness (QED) is 0.444.